The summed E-state index contributed by atoms with van der Waals surface area (Å²) in [7, 11) is 1.13. The van der Waals surface area contributed by atoms with Gasteiger partial charge in [-0.2, -0.15) is 0 Å². The van der Waals surface area contributed by atoms with Crippen molar-refractivity contribution in [2.45, 2.75) is 341 Å². The van der Waals surface area contributed by atoms with Gasteiger partial charge in [-0.1, -0.05) is 352 Å². The van der Waals surface area contributed by atoms with E-state index in [-0.39, 0.29) is 26.1 Å². The lowest BCUT2D eigenvalue weighted by atomic mass is 10.0. The van der Waals surface area contributed by atoms with E-state index in [1.54, 1.807) is 0 Å². The Labute approximate surface area is 605 Å². The van der Waals surface area contributed by atoms with Gasteiger partial charge < -0.3 is 27.9 Å². The van der Waals surface area contributed by atoms with E-state index < -0.39 is 32.5 Å². The summed E-state index contributed by atoms with van der Waals surface area (Å²) >= 11 is 0. The van der Waals surface area contributed by atoms with Crippen LogP contribution in [0.1, 0.15) is 335 Å². The van der Waals surface area contributed by atoms with Gasteiger partial charge in [0.2, 0.25) is 0 Å². The summed E-state index contributed by atoms with van der Waals surface area (Å²) in [4.78, 5) is 38.2. The molecule has 0 aromatic carbocycles. The van der Waals surface area contributed by atoms with Crippen LogP contribution in [0, 0.1) is 0 Å². The molecule has 0 aromatic heterocycles. The minimum atomic E-state index is -4.67. The smallest absolute Gasteiger partial charge is 0.306 e. The van der Waals surface area contributed by atoms with Crippen LogP contribution in [-0.4, -0.2) is 70.0 Å². The lowest BCUT2D eigenvalue weighted by molar-refractivity contribution is -0.870. The summed E-state index contributed by atoms with van der Waals surface area (Å²) in [6, 6.07) is 0. The second kappa shape index (κ2) is 76.8. The number of phosphoric ester groups is 1. The van der Waals surface area contributed by atoms with Gasteiger partial charge in [0.05, 0.1) is 27.7 Å². The summed E-state index contributed by atoms with van der Waals surface area (Å²) in [5.41, 5.74) is 0. The highest BCUT2D eigenvalue weighted by molar-refractivity contribution is 7.45. The molecule has 2 unspecified atom stereocenters. The fraction of sp³-hybridized carbons (Fsp3) is 0.682. The largest absolute Gasteiger partial charge is 0.756 e. The molecular formula is C88H150NO8P. The first-order valence-electron chi connectivity index (χ1n) is 40.2. The maximum atomic E-state index is 12.9. The molecule has 98 heavy (non-hydrogen) atoms. The zero-order valence-corrected chi connectivity index (χ0v) is 64.8. The van der Waals surface area contributed by atoms with Gasteiger partial charge in [0, 0.05) is 12.8 Å². The molecule has 0 aliphatic rings. The second-order valence-corrected chi connectivity index (χ2v) is 29.1. The molecule has 0 saturated heterocycles. The number of likely N-dealkylation sites (N-methyl/N-ethyl adjacent to an activating group) is 1. The van der Waals surface area contributed by atoms with Crippen molar-refractivity contribution in [3.05, 3.63) is 158 Å². The van der Waals surface area contributed by atoms with Gasteiger partial charge in [-0.05, 0) is 128 Å². The molecule has 0 aliphatic carbocycles. The third-order valence-electron chi connectivity index (χ3n) is 17.0. The molecular weight excluding hydrogens is 1230 g/mol. The zero-order valence-electron chi connectivity index (χ0n) is 63.9. The second-order valence-electron chi connectivity index (χ2n) is 27.7. The molecule has 2 atom stereocenters. The van der Waals surface area contributed by atoms with Crippen LogP contribution in [0.5, 0.6) is 0 Å². The molecule has 10 heteroatoms. The van der Waals surface area contributed by atoms with Crippen LogP contribution in [0.4, 0.5) is 0 Å². The quantitative estimate of drug-likeness (QED) is 0.0195. The number of allylic oxidation sites excluding steroid dienone is 26. The SMILES string of the molecule is CC/C=C\C/C=C\C/C=C\C/C=C\C/C=C\C/C=C\C/C=C\C/C=C\C/C=C\C/C=C\C/C=C\CCCCCC(=O)OC(COC(=O)CCCCCCCCCCCCCCCCCCCCCCCCCCC/C=C\C/C=C\CCCCCCC)COP(=O)([O-])OCC[N+](C)(C)C. The number of quaternary nitrogens is 1. The third-order valence-corrected chi connectivity index (χ3v) is 18.0. The minimum Gasteiger partial charge on any atom is -0.756 e. The van der Waals surface area contributed by atoms with Crippen molar-refractivity contribution in [1.29, 1.82) is 0 Å². The van der Waals surface area contributed by atoms with E-state index in [9.17, 15) is 19.0 Å². The van der Waals surface area contributed by atoms with Crippen LogP contribution >= 0.6 is 7.82 Å². The maximum absolute atomic E-state index is 12.9. The summed E-state index contributed by atoms with van der Waals surface area (Å²) in [5, 5.41) is 0. The summed E-state index contributed by atoms with van der Waals surface area (Å²) in [6.07, 6.45) is 115. The third kappa shape index (κ3) is 80.6. The van der Waals surface area contributed by atoms with E-state index in [2.05, 4.69) is 172 Å². The summed E-state index contributed by atoms with van der Waals surface area (Å²) < 4.78 is 34.3. The molecule has 0 aliphatic heterocycles. The van der Waals surface area contributed by atoms with Gasteiger partial charge in [-0.3, -0.25) is 14.2 Å². The standard InChI is InChI=1S/C88H150NO8P/c1-6-8-10-12-14-16-18-20-22-24-26-28-30-32-34-36-38-40-42-44-46-48-50-52-54-56-58-60-62-64-66-68-70-72-74-76-78-80-87(90)94-84-86(85-96-98(92,93)95-83-82-89(3,4)5)97-88(91)81-79-77-75-73-71-69-67-65-63-61-59-57-55-53-51-49-47-45-43-41-39-37-35-33-31-29-27-25-23-21-19-17-15-13-11-9-7-2/h9,11,15,17-18,20-21,23-24,26-27,29,33,35,39,41,45,47,51,53,57,59,63,65,69,71,86H,6-8,10,12-14,16,19,22,25,28,30-32,34,36-38,40,42-44,46,48-50,52,54-56,58,60-62,64,66-68,70,72-85H2,1-5H3/b11-9-,17-15-,20-18-,23-21-,26-24-,29-27-,35-33-,41-39-,47-45-,53-51-,59-57-,65-63-,71-69-. The van der Waals surface area contributed by atoms with Crippen LogP contribution in [0.15, 0.2) is 158 Å². The minimum absolute atomic E-state index is 0.0442. The number of hydrogen-bond donors (Lipinski definition) is 0. The predicted octanol–water partition coefficient (Wildman–Crippen LogP) is 26.4. The molecule has 0 aromatic rings. The molecule has 0 bridgehead atoms. The van der Waals surface area contributed by atoms with Crippen molar-refractivity contribution in [2.75, 3.05) is 47.5 Å². The zero-order chi connectivity index (χ0) is 71.1. The van der Waals surface area contributed by atoms with E-state index in [1.807, 2.05) is 21.1 Å². The van der Waals surface area contributed by atoms with Gasteiger partial charge in [0.25, 0.3) is 7.82 Å². The van der Waals surface area contributed by atoms with E-state index in [1.165, 1.54) is 186 Å². The van der Waals surface area contributed by atoms with Gasteiger partial charge in [-0.25, -0.2) is 0 Å². The first-order chi connectivity index (χ1) is 48.0. The lowest BCUT2D eigenvalue weighted by Gasteiger charge is -2.28. The predicted molar refractivity (Wildman–Crippen MR) is 424 cm³/mol. The van der Waals surface area contributed by atoms with Crippen molar-refractivity contribution < 1.29 is 42.1 Å². The van der Waals surface area contributed by atoms with Crippen LogP contribution in [0.25, 0.3) is 0 Å². The topological polar surface area (TPSA) is 111 Å². The molecule has 0 saturated carbocycles. The van der Waals surface area contributed by atoms with Crippen molar-refractivity contribution in [3.63, 3.8) is 0 Å². The van der Waals surface area contributed by atoms with E-state index >= 15 is 0 Å². The molecule has 9 nitrogen and oxygen atoms in total. The van der Waals surface area contributed by atoms with Crippen LogP contribution in [0.2, 0.25) is 0 Å². The van der Waals surface area contributed by atoms with E-state index in [0.29, 0.717) is 17.4 Å². The number of carbonyl (C=O) groups is 2. The fourth-order valence-electron chi connectivity index (χ4n) is 10.9. The van der Waals surface area contributed by atoms with Gasteiger partial charge >= 0.3 is 11.9 Å². The Morgan fingerprint density at radius 3 is 0.878 bits per heavy atom. The molecule has 0 amide bonds. The van der Waals surface area contributed by atoms with Crippen molar-refractivity contribution >= 4 is 19.8 Å². The highest BCUT2D eigenvalue weighted by atomic mass is 31.2. The van der Waals surface area contributed by atoms with Crippen LogP contribution in [-0.2, 0) is 32.7 Å². The average Bonchev–Trinajstić information content (AvgIpc) is 1.08. The number of unbranched alkanes of at least 4 members (excludes halogenated alkanes) is 33. The Balaban J connectivity index is 4.07. The Hall–Kier alpha value is -4.37. The molecule has 0 heterocycles. The normalized spacial score (nSPS) is 13.9. The number of hydrogen-bond acceptors (Lipinski definition) is 8. The molecule has 0 spiro atoms. The fourth-order valence-corrected chi connectivity index (χ4v) is 11.7. The first kappa shape index (κ1) is 93.6. The molecule has 0 rings (SSSR count). The summed E-state index contributed by atoms with van der Waals surface area (Å²) in [5.74, 6) is -0.870. The number of nitrogens with zero attached hydrogens (tertiary/aromatic N) is 1. The Kier molecular flexibility index (Phi) is 73.4. The molecule has 0 fully saturated rings. The van der Waals surface area contributed by atoms with Crippen molar-refractivity contribution in [3.8, 4) is 0 Å². The van der Waals surface area contributed by atoms with Crippen molar-refractivity contribution in [2.24, 2.45) is 0 Å². The van der Waals surface area contributed by atoms with Gasteiger partial charge in [0.15, 0.2) is 6.10 Å². The molecule has 0 N–H and O–H groups in total. The lowest BCUT2D eigenvalue weighted by Crippen LogP contribution is -2.37. The Morgan fingerprint density at radius 2 is 0.582 bits per heavy atom. The number of esters is 2. The van der Waals surface area contributed by atoms with Gasteiger partial charge in [0.1, 0.15) is 19.8 Å². The van der Waals surface area contributed by atoms with E-state index in [4.69, 9.17) is 18.5 Å². The van der Waals surface area contributed by atoms with Crippen LogP contribution in [0.3, 0.4) is 0 Å². The first-order valence-corrected chi connectivity index (χ1v) is 41.7. The number of ether oxygens (including phenoxy) is 2. The Bertz CT molecular complexity index is 2220. The molecule has 0 radical (unpaired) electrons. The number of phosphoric acid groups is 1. The average molecular weight is 1380 g/mol. The monoisotopic (exact) mass is 1380 g/mol. The molecule has 560 valence electrons. The highest BCUT2D eigenvalue weighted by Gasteiger charge is 2.22. The Morgan fingerprint density at radius 1 is 0.327 bits per heavy atom. The highest BCUT2D eigenvalue weighted by Crippen LogP contribution is 2.38. The van der Waals surface area contributed by atoms with Crippen LogP contribution < -0.4 is 4.89 Å². The van der Waals surface area contributed by atoms with Gasteiger partial charge in [-0.15, -0.1) is 0 Å². The summed E-state index contributed by atoms with van der Waals surface area (Å²) in [6.45, 7) is 4.09. The number of rotatable bonds is 73. The van der Waals surface area contributed by atoms with Crippen molar-refractivity contribution in [1.82, 2.24) is 0 Å². The number of carbonyl (C=O) groups excluding carboxylic acids is 2. The maximum Gasteiger partial charge on any atom is 0.306 e. The van der Waals surface area contributed by atoms with E-state index in [0.717, 1.165) is 116 Å².